The molecule has 5 N–H and O–H groups in total. The quantitative estimate of drug-likeness (QED) is 0.417. The average Bonchev–Trinajstić information content (AvgIpc) is 2.77. The van der Waals surface area contributed by atoms with Crippen LogP contribution in [0, 0.1) is 6.92 Å². The highest BCUT2D eigenvalue weighted by atomic mass is 16.6. The number of amides is 4. The second kappa shape index (κ2) is 12.1. The van der Waals surface area contributed by atoms with Crippen LogP contribution in [-0.4, -0.2) is 52.0 Å². The Morgan fingerprint density at radius 3 is 2.19 bits per heavy atom. The van der Waals surface area contributed by atoms with Gasteiger partial charge in [0.15, 0.2) is 0 Å². The van der Waals surface area contributed by atoms with Gasteiger partial charge in [0.1, 0.15) is 23.4 Å². The Hall–Kier alpha value is -4.08. The van der Waals surface area contributed by atoms with Gasteiger partial charge in [0.05, 0.1) is 6.42 Å². The van der Waals surface area contributed by atoms with Crippen molar-refractivity contribution in [1.29, 1.82) is 0 Å². The van der Waals surface area contributed by atoms with Crippen molar-refractivity contribution in [1.82, 2.24) is 10.2 Å². The Bertz CT molecular complexity index is 1090. The third kappa shape index (κ3) is 8.00. The summed E-state index contributed by atoms with van der Waals surface area (Å²) in [6.45, 7) is 8.55. The van der Waals surface area contributed by atoms with Gasteiger partial charge >= 0.3 is 6.09 Å². The number of nitrogens with two attached hydrogens (primary N) is 1. The lowest BCUT2D eigenvalue weighted by molar-refractivity contribution is -0.141. The molecular weight excluding hydrogens is 464 g/mol. The minimum absolute atomic E-state index is 0.00983. The lowest BCUT2D eigenvalue weighted by Crippen LogP contribution is -2.53. The maximum Gasteiger partial charge on any atom is 0.408 e. The van der Waals surface area contributed by atoms with Gasteiger partial charge in [0.2, 0.25) is 11.8 Å². The largest absolute Gasteiger partial charge is 0.508 e. The first-order chi connectivity index (χ1) is 16.8. The van der Waals surface area contributed by atoms with Crippen LogP contribution in [0.3, 0.4) is 0 Å². The van der Waals surface area contributed by atoms with E-state index in [-0.39, 0.29) is 12.3 Å². The van der Waals surface area contributed by atoms with Crippen molar-refractivity contribution in [3.05, 3.63) is 59.7 Å². The number of phenols is 1. The highest BCUT2D eigenvalue weighted by molar-refractivity contribution is 6.00. The molecule has 10 heteroatoms. The zero-order valence-corrected chi connectivity index (χ0v) is 21.2. The van der Waals surface area contributed by atoms with E-state index >= 15 is 0 Å². The van der Waals surface area contributed by atoms with E-state index in [0.717, 1.165) is 5.56 Å². The number of likely N-dealkylation sites (N-methyl/N-ethyl adjacent to an activating group) is 1. The maximum absolute atomic E-state index is 13.6. The fraction of sp³-hybridized carbons (Fsp3) is 0.385. The number of primary amides is 1. The third-order valence-corrected chi connectivity index (χ3v) is 5.19. The van der Waals surface area contributed by atoms with Crippen LogP contribution >= 0.6 is 0 Å². The monoisotopic (exact) mass is 498 g/mol. The third-order valence-electron chi connectivity index (χ3n) is 5.19. The van der Waals surface area contributed by atoms with E-state index in [1.165, 1.54) is 29.2 Å². The molecule has 2 rings (SSSR count). The van der Waals surface area contributed by atoms with Gasteiger partial charge in [-0.15, -0.1) is 0 Å². The van der Waals surface area contributed by atoms with Crippen LogP contribution < -0.4 is 16.4 Å². The van der Waals surface area contributed by atoms with Crippen molar-refractivity contribution < 1.29 is 29.0 Å². The van der Waals surface area contributed by atoms with Crippen LogP contribution in [0.25, 0.3) is 0 Å². The summed E-state index contributed by atoms with van der Waals surface area (Å²) >= 11 is 0. The Morgan fingerprint density at radius 1 is 1.06 bits per heavy atom. The molecule has 2 aromatic rings. The minimum atomic E-state index is -1.36. The first kappa shape index (κ1) is 28.2. The molecular formula is C26H34N4O6. The maximum atomic E-state index is 13.6. The summed E-state index contributed by atoms with van der Waals surface area (Å²) in [6.07, 6.45) is -1.39. The summed E-state index contributed by atoms with van der Waals surface area (Å²) in [5.74, 6) is -2.03. The van der Waals surface area contributed by atoms with Crippen molar-refractivity contribution in [3.63, 3.8) is 0 Å². The lowest BCUT2D eigenvalue weighted by atomic mass is 10.0. The van der Waals surface area contributed by atoms with Gasteiger partial charge in [0.25, 0.3) is 5.91 Å². The predicted molar refractivity (Wildman–Crippen MR) is 135 cm³/mol. The molecule has 2 unspecified atom stereocenters. The molecule has 10 nitrogen and oxygen atoms in total. The second-order valence-electron chi connectivity index (χ2n) is 9.29. The van der Waals surface area contributed by atoms with Crippen molar-refractivity contribution in [2.24, 2.45) is 5.73 Å². The van der Waals surface area contributed by atoms with Gasteiger partial charge in [-0.25, -0.2) is 4.79 Å². The molecule has 2 atom stereocenters. The number of nitrogens with zero attached hydrogens (tertiary/aromatic N) is 1. The molecule has 36 heavy (non-hydrogen) atoms. The summed E-state index contributed by atoms with van der Waals surface area (Å²) in [5, 5.41) is 15.0. The van der Waals surface area contributed by atoms with Gasteiger partial charge in [-0.3, -0.25) is 14.4 Å². The first-order valence-electron chi connectivity index (χ1n) is 11.6. The minimum Gasteiger partial charge on any atom is -0.508 e. The average molecular weight is 499 g/mol. The number of hydrogen-bond donors (Lipinski definition) is 4. The first-order valence-corrected chi connectivity index (χ1v) is 11.6. The van der Waals surface area contributed by atoms with E-state index < -0.39 is 47.9 Å². The molecule has 0 saturated heterocycles. The number of carbonyl (C=O) groups is 4. The Kier molecular flexibility index (Phi) is 9.43. The van der Waals surface area contributed by atoms with Crippen LogP contribution in [0.2, 0.25) is 0 Å². The zero-order valence-electron chi connectivity index (χ0n) is 21.2. The van der Waals surface area contributed by atoms with Gasteiger partial charge in [0, 0.05) is 12.2 Å². The molecule has 0 bridgehead atoms. The number of alkyl carbamates (subject to hydrolysis) is 1. The molecule has 0 spiro atoms. The molecule has 0 fully saturated rings. The predicted octanol–water partition coefficient (Wildman–Crippen LogP) is 3.00. The van der Waals surface area contributed by atoms with E-state index in [2.05, 4.69) is 10.6 Å². The highest BCUT2D eigenvalue weighted by Crippen LogP contribution is 2.27. The van der Waals surface area contributed by atoms with Crippen LogP contribution in [0.1, 0.15) is 51.3 Å². The van der Waals surface area contributed by atoms with Gasteiger partial charge in [-0.2, -0.15) is 0 Å². The van der Waals surface area contributed by atoms with Gasteiger partial charge in [-0.1, -0.05) is 30.3 Å². The number of ether oxygens (including phenoxy) is 1. The van der Waals surface area contributed by atoms with Crippen LogP contribution in [0.4, 0.5) is 10.5 Å². The van der Waals surface area contributed by atoms with E-state index in [1.54, 1.807) is 39.8 Å². The molecule has 0 aromatic heterocycles. The number of carbonyl (C=O) groups excluding carboxylic acids is 4. The molecule has 0 heterocycles. The summed E-state index contributed by atoms with van der Waals surface area (Å²) < 4.78 is 5.23. The number of rotatable bonds is 9. The molecule has 4 amide bonds. The molecule has 0 saturated carbocycles. The Morgan fingerprint density at radius 2 is 1.67 bits per heavy atom. The number of nitrogens with one attached hydrogen (secondary N) is 2. The molecule has 0 aliphatic rings. The van der Waals surface area contributed by atoms with Crippen molar-refractivity contribution in [2.75, 3.05) is 11.9 Å². The molecule has 0 aliphatic heterocycles. The summed E-state index contributed by atoms with van der Waals surface area (Å²) in [6, 6.07) is 10.5. The highest BCUT2D eigenvalue weighted by Gasteiger charge is 2.36. The normalized spacial score (nSPS) is 12.7. The van der Waals surface area contributed by atoms with Crippen molar-refractivity contribution in [3.8, 4) is 5.75 Å². The van der Waals surface area contributed by atoms with E-state index in [4.69, 9.17) is 10.5 Å². The standard InChI is InChI=1S/C26H34N4O6/c1-6-30(24(34)20(15-21(27)32)29-25(35)36-26(3,4)5)22(17-11-13-18(31)14-12-17)23(33)28-19-10-8-7-9-16(19)2/h7-14,20,22,31H,6,15H2,1-5H3,(H2,27,32)(H,28,33)(H,29,35). The molecule has 2 aromatic carbocycles. The van der Waals surface area contributed by atoms with E-state index in [0.29, 0.717) is 11.3 Å². The summed E-state index contributed by atoms with van der Waals surface area (Å²) in [4.78, 5) is 52.5. The number of benzene rings is 2. The smallest absolute Gasteiger partial charge is 0.408 e. The van der Waals surface area contributed by atoms with Crippen LogP contribution in [-0.2, 0) is 19.1 Å². The number of hydrogen-bond acceptors (Lipinski definition) is 6. The number of para-hydroxylation sites is 1. The van der Waals surface area contributed by atoms with Gasteiger partial charge < -0.3 is 31.1 Å². The van der Waals surface area contributed by atoms with Crippen molar-refractivity contribution >= 4 is 29.5 Å². The van der Waals surface area contributed by atoms with E-state index in [9.17, 15) is 24.3 Å². The summed E-state index contributed by atoms with van der Waals surface area (Å²) in [5.41, 5.74) is 6.32. The second-order valence-corrected chi connectivity index (χ2v) is 9.29. The topological polar surface area (TPSA) is 151 Å². The zero-order chi connectivity index (χ0) is 27.0. The molecule has 0 aliphatic carbocycles. The number of anilines is 1. The van der Waals surface area contributed by atoms with E-state index in [1.807, 2.05) is 19.1 Å². The number of phenolic OH excluding ortho intramolecular Hbond substituents is 1. The number of aromatic hydroxyl groups is 1. The fourth-order valence-electron chi connectivity index (χ4n) is 3.56. The van der Waals surface area contributed by atoms with Crippen molar-refractivity contribution in [2.45, 2.75) is 58.7 Å². The molecule has 194 valence electrons. The van der Waals surface area contributed by atoms with Crippen LogP contribution in [0.5, 0.6) is 5.75 Å². The fourth-order valence-corrected chi connectivity index (χ4v) is 3.56. The lowest BCUT2D eigenvalue weighted by Gasteiger charge is -2.33. The molecule has 0 radical (unpaired) electrons. The van der Waals surface area contributed by atoms with Gasteiger partial charge in [-0.05, 0) is 63.9 Å². The Labute approximate surface area is 210 Å². The Balaban J connectivity index is 2.45. The SMILES string of the molecule is CCN(C(=O)C(CC(N)=O)NC(=O)OC(C)(C)C)C(C(=O)Nc1ccccc1C)c1ccc(O)cc1. The van der Waals surface area contributed by atoms with Crippen LogP contribution in [0.15, 0.2) is 48.5 Å². The summed E-state index contributed by atoms with van der Waals surface area (Å²) in [7, 11) is 0. The number of aryl methyl sites for hydroxylation is 1.